The van der Waals surface area contributed by atoms with E-state index in [0.717, 1.165) is 11.6 Å². The summed E-state index contributed by atoms with van der Waals surface area (Å²) in [5.41, 5.74) is 6.33. The van der Waals surface area contributed by atoms with Crippen LogP contribution in [-0.4, -0.2) is 45.5 Å². The Balaban J connectivity index is 0.00000363. The third-order valence-electron chi connectivity index (χ3n) is 5.22. The Bertz CT molecular complexity index is 1280. The first kappa shape index (κ1) is 26.2. The smallest absolute Gasteiger partial charge is 0.244 e. The number of benzene rings is 2. The summed E-state index contributed by atoms with van der Waals surface area (Å²) >= 11 is 0. The second kappa shape index (κ2) is 10.7. The molecule has 0 amide bonds. The zero-order valence-corrected chi connectivity index (χ0v) is 20.5. The van der Waals surface area contributed by atoms with E-state index in [1.807, 2.05) is 13.0 Å². The number of sulfonamides is 1. The van der Waals surface area contributed by atoms with Gasteiger partial charge in [0.15, 0.2) is 9.84 Å². The number of pyridine rings is 1. The SMILES string of the molecule is CCC(c1cccc(S(C)(=O)=O)c1)N(CCCN)S(=O)(=O)c1cccc2cnccc12.Cl. The van der Waals surface area contributed by atoms with E-state index < -0.39 is 25.9 Å². The van der Waals surface area contributed by atoms with E-state index in [1.165, 1.54) is 10.4 Å². The zero-order valence-electron chi connectivity index (χ0n) is 18.0. The Labute approximate surface area is 196 Å². The predicted octanol–water partition coefficient (Wildman–Crippen LogP) is 3.55. The maximum absolute atomic E-state index is 13.9. The molecule has 1 heterocycles. The molecule has 174 valence electrons. The van der Waals surface area contributed by atoms with Crippen LogP contribution in [0.25, 0.3) is 10.8 Å². The van der Waals surface area contributed by atoms with Crippen molar-refractivity contribution >= 4 is 43.0 Å². The van der Waals surface area contributed by atoms with Crippen LogP contribution in [0, 0.1) is 0 Å². The van der Waals surface area contributed by atoms with Crippen molar-refractivity contribution < 1.29 is 16.8 Å². The van der Waals surface area contributed by atoms with E-state index in [9.17, 15) is 16.8 Å². The normalized spacial score (nSPS) is 13.1. The van der Waals surface area contributed by atoms with Crippen LogP contribution >= 0.6 is 12.4 Å². The van der Waals surface area contributed by atoms with Gasteiger partial charge in [-0.3, -0.25) is 4.98 Å². The molecule has 0 aliphatic rings. The Morgan fingerprint density at radius 1 is 1.06 bits per heavy atom. The van der Waals surface area contributed by atoms with Crippen molar-refractivity contribution in [1.29, 1.82) is 0 Å². The lowest BCUT2D eigenvalue weighted by molar-refractivity contribution is 0.314. The van der Waals surface area contributed by atoms with Crippen LogP contribution in [0.15, 0.2) is 70.7 Å². The lowest BCUT2D eigenvalue weighted by atomic mass is 10.0. The number of sulfone groups is 1. The van der Waals surface area contributed by atoms with Gasteiger partial charge in [0.05, 0.1) is 9.79 Å². The van der Waals surface area contributed by atoms with Gasteiger partial charge in [0.2, 0.25) is 10.0 Å². The quantitative estimate of drug-likeness (QED) is 0.484. The molecule has 0 saturated heterocycles. The van der Waals surface area contributed by atoms with Gasteiger partial charge in [0.25, 0.3) is 0 Å². The number of fused-ring (bicyclic) bond motifs is 1. The molecule has 1 unspecified atom stereocenters. The number of halogens is 1. The van der Waals surface area contributed by atoms with Crippen LogP contribution in [0.2, 0.25) is 0 Å². The van der Waals surface area contributed by atoms with E-state index >= 15 is 0 Å². The van der Waals surface area contributed by atoms with Gasteiger partial charge in [-0.15, -0.1) is 12.4 Å². The van der Waals surface area contributed by atoms with E-state index in [1.54, 1.807) is 48.8 Å². The second-order valence-corrected chi connectivity index (χ2v) is 11.3. The summed E-state index contributed by atoms with van der Waals surface area (Å²) in [6.45, 7) is 2.45. The Morgan fingerprint density at radius 2 is 1.78 bits per heavy atom. The molecule has 0 spiro atoms. The standard InChI is InChI=1S/C22H27N3O4S2.ClH/c1-3-21(17-7-4-9-19(15-17)30(2,26)27)25(14-6-12-23)31(28,29)22-10-5-8-18-16-24-13-11-20(18)22;/h4-5,7-11,13,15-16,21H,3,6,12,14,23H2,1-2H3;1H. The van der Waals surface area contributed by atoms with E-state index in [4.69, 9.17) is 5.73 Å². The van der Waals surface area contributed by atoms with Crippen molar-refractivity contribution in [2.24, 2.45) is 5.73 Å². The molecule has 2 N–H and O–H groups in total. The number of hydrogen-bond acceptors (Lipinski definition) is 6. The van der Waals surface area contributed by atoms with Gasteiger partial charge in [-0.25, -0.2) is 16.8 Å². The van der Waals surface area contributed by atoms with Gasteiger partial charge >= 0.3 is 0 Å². The fourth-order valence-electron chi connectivity index (χ4n) is 3.69. The highest BCUT2D eigenvalue weighted by molar-refractivity contribution is 7.90. The molecule has 1 atom stereocenters. The minimum absolute atomic E-state index is 0. The first-order valence-corrected chi connectivity index (χ1v) is 13.4. The summed E-state index contributed by atoms with van der Waals surface area (Å²) in [5.74, 6) is 0. The van der Waals surface area contributed by atoms with Crippen LogP contribution in [0.3, 0.4) is 0 Å². The molecule has 0 bridgehead atoms. The summed E-state index contributed by atoms with van der Waals surface area (Å²) in [7, 11) is -7.33. The topological polar surface area (TPSA) is 110 Å². The summed E-state index contributed by atoms with van der Waals surface area (Å²) < 4.78 is 53.2. The maximum atomic E-state index is 13.9. The van der Waals surface area contributed by atoms with Crippen molar-refractivity contribution in [3.05, 3.63) is 66.5 Å². The summed E-state index contributed by atoms with van der Waals surface area (Å²) in [5, 5.41) is 1.32. The average molecular weight is 498 g/mol. The molecule has 0 radical (unpaired) electrons. The molecule has 32 heavy (non-hydrogen) atoms. The van der Waals surface area contributed by atoms with Gasteiger partial charge < -0.3 is 5.73 Å². The number of nitrogens with two attached hydrogens (primary N) is 1. The third-order valence-corrected chi connectivity index (χ3v) is 8.29. The summed E-state index contributed by atoms with van der Waals surface area (Å²) in [6.07, 6.45) is 5.29. The van der Waals surface area contributed by atoms with Crippen LogP contribution < -0.4 is 5.73 Å². The van der Waals surface area contributed by atoms with Crippen molar-refractivity contribution in [3.63, 3.8) is 0 Å². The second-order valence-electron chi connectivity index (χ2n) is 7.38. The van der Waals surface area contributed by atoms with E-state index in [0.29, 0.717) is 30.3 Å². The molecule has 3 rings (SSSR count). The first-order chi connectivity index (χ1) is 14.7. The molecule has 0 saturated carbocycles. The van der Waals surface area contributed by atoms with Gasteiger partial charge in [0, 0.05) is 42.0 Å². The van der Waals surface area contributed by atoms with Crippen molar-refractivity contribution in [1.82, 2.24) is 9.29 Å². The van der Waals surface area contributed by atoms with Crippen LogP contribution in [0.1, 0.15) is 31.4 Å². The third kappa shape index (κ3) is 5.47. The Hall–Kier alpha value is -2.04. The van der Waals surface area contributed by atoms with Crippen molar-refractivity contribution in [2.45, 2.75) is 35.6 Å². The molecule has 2 aromatic carbocycles. The minimum Gasteiger partial charge on any atom is -0.330 e. The van der Waals surface area contributed by atoms with E-state index in [2.05, 4.69) is 4.98 Å². The molecule has 10 heteroatoms. The average Bonchev–Trinajstić information content (AvgIpc) is 2.75. The van der Waals surface area contributed by atoms with Gasteiger partial charge in [0.1, 0.15) is 0 Å². The van der Waals surface area contributed by atoms with Crippen LogP contribution in [-0.2, 0) is 19.9 Å². The van der Waals surface area contributed by atoms with E-state index in [-0.39, 0.29) is 28.7 Å². The summed E-state index contributed by atoms with van der Waals surface area (Å²) in [4.78, 5) is 4.44. The molecule has 3 aromatic rings. The molecule has 0 aliphatic carbocycles. The van der Waals surface area contributed by atoms with Crippen LogP contribution in [0.4, 0.5) is 0 Å². The lowest BCUT2D eigenvalue weighted by Gasteiger charge is -2.31. The molecular formula is C22H28ClN3O4S2. The van der Waals surface area contributed by atoms with Crippen LogP contribution in [0.5, 0.6) is 0 Å². The Morgan fingerprint density at radius 3 is 2.44 bits per heavy atom. The molecule has 1 aromatic heterocycles. The minimum atomic E-state index is -3.91. The monoisotopic (exact) mass is 497 g/mol. The van der Waals surface area contributed by atoms with Gasteiger partial charge in [-0.1, -0.05) is 31.2 Å². The lowest BCUT2D eigenvalue weighted by Crippen LogP contribution is -2.36. The zero-order chi connectivity index (χ0) is 22.6. The largest absolute Gasteiger partial charge is 0.330 e. The number of aromatic nitrogens is 1. The Kier molecular flexibility index (Phi) is 8.78. The fourth-order valence-corrected chi connectivity index (χ4v) is 6.31. The highest BCUT2D eigenvalue weighted by atomic mass is 35.5. The predicted molar refractivity (Wildman–Crippen MR) is 129 cm³/mol. The highest BCUT2D eigenvalue weighted by Gasteiger charge is 2.32. The summed E-state index contributed by atoms with van der Waals surface area (Å²) in [6, 6.07) is 12.7. The number of rotatable bonds is 9. The molecular weight excluding hydrogens is 470 g/mol. The highest BCUT2D eigenvalue weighted by Crippen LogP contribution is 2.34. The van der Waals surface area contributed by atoms with Crippen molar-refractivity contribution in [2.75, 3.05) is 19.3 Å². The molecule has 0 aliphatic heterocycles. The molecule has 7 nitrogen and oxygen atoms in total. The van der Waals surface area contributed by atoms with Gasteiger partial charge in [-0.05, 0) is 49.2 Å². The maximum Gasteiger partial charge on any atom is 0.244 e. The first-order valence-electron chi connectivity index (χ1n) is 10.0. The number of nitrogens with zero attached hydrogens (tertiary/aromatic N) is 2. The fraction of sp³-hybridized carbons (Fsp3) is 0.318. The van der Waals surface area contributed by atoms with Gasteiger partial charge in [-0.2, -0.15) is 4.31 Å². The number of hydrogen-bond donors (Lipinski definition) is 1. The van der Waals surface area contributed by atoms with Crippen molar-refractivity contribution in [3.8, 4) is 0 Å². The molecule has 0 fully saturated rings.